The molecule has 17 heavy (non-hydrogen) atoms. The Morgan fingerprint density at radius 1 is 1.00 bits per heavy atom. The van der Waals surface area contributed by atoms with Crippen LogP contribution in [-0.4, -0.2) is 23.9 Å². The van der Waals surface area contributed by atoms with E-state index in [0.717, 1.165) is 17.8 Å². The highest BCUT2D eigenvalue weighted by molar-refractivity contribution is 5.83. The molecule has 0 spiro atoms. The molecule has 5 saturated carbocycles. The minimum absolute atomic E-state index is 0.0894. The lowest BCUT2D eigenvalue weighted by molar-refractivity contribution is -0.156. The maximum Gasteiger partial charge on any atom is 0.228 e. The number of hydrogen-bond acceptors (Lipinski definition) is 1. The predicted molar refractivity (Wildman–Crippen MR) is 66.4 cm³/mol. The Kier molecular flexibility index (Phi) is 2.00. The standard InChI is InChI=1S/C15H23NO/c1-16(13-2-3-13)14(17)15-7-10-4-11(8-15)6-12(5-10)9-15/h10-13H,2-9H2,1H3. The van der Waals surface area contributed by atoms with Crippen LogP contribution in [0.15, 0.2) is 0 Å². The van der Waals surface area contributed by atoms with E-state index < -0.39 is 0 Å². The third-order valence-electron chi connectivity index (χ3n) is 5.91. The lowest BCUT2D eigenvalue weighted by atomic mass is 9.49. The van der Waals surface area contributed by atoms with Gasteiger partial charge in [0.2, 0.25) is 5.91 Å². The van der Waals surface area contributed by atoms with Gasteiger partial charge in [-0.05, 0) is 69.1 Å². The average Bonchev–Trinajstić information content (AvgIpc) is 3.09. The van der Waals surface area contributed by atoms with E-state index in [1.165, 1.54) is 51.4 Å². The number of carbonyl (C=O) groups excluding carboxylic acids is 1. The van der Waals surface area contributed by atoms with Crippen LogP contribution in [0.2, 0.25) is 0 Å². The van der Waals surface area contributed by atoms with E-state index in [9.17, 15) is 4.79 Å². The van der Waals surface area contributed by atoms with Crippen molar-refractivity contribution < 1.29 is 4.79 Å². The first kappa shape index (κ1) is 10.4. The van der Waals surface area contributed by atoms with Gasteiger partial charge in [0, 0.05) is 13.1 Å². The monoisotopic (exact) mass is 233 g/mol. The minimum Gasteiger partial charge on any atom is -0.342 e. The molecule has 2 heteroatoms. The second kappa shape index (κ2) is 3.27. The van der Waals surface area contributed by atoms with Crippen molar-refractivity contribution in [2.24, 2.45) is 23.2 Å². The zero-order valence-electron chi connectivity index (χ0n) is 10.8. The fraction of sp³-hybridized carbons (Fsp3) is 0.933. The lowest BCUT2D eigenvalue weighted by Gasteiger charge is -2.56. The Morgan fingerprint density at radius 3 is 1.88 bits per heavy atom. The molecule has 0 aromatic rings. The number of nitrogens with zero attached hydrogens (tertiary/aromatic N) is 1. The second-order valence-corrected chi connectivity index (χ2v) is 7.35. The van der Waals surface area contributed by atoms with Gasteiger partial charge in [0.05, 0.1) is 5.41 Å². The molecule has 94 valence electrons. The molecule has 0 saturated heterocycles. The van der Waals surface area contributed by atoms with Gasteiger partial charge in [-0.2, -0.15) is 0 Å². The molecule has 0 heterocycles. The van der Waals surface area contributed by atoms with Crippen molar-refractivity contribution in [3.63, 3.8) is 0 Å². The normalized spacial score (nSPS) is 47.2. The van der Waals surface area contributed by atoms with E-state index in [1.54, 1.807) is 0 Å². The van der Waals surface area contributed by atoms with Gasteiger partial charge < -0.3 is 4.90 Å². The van der Waals surface area contributed by atoms with Crippen molar-refractivity contribution in [2.75, 3.05) is 7.05 Å². The molecule has 0 aromatic heterocycles. The van der Waals surface area contributed by atoms with Crippen LogP contribution in [0.25, 0.3) is 0 Å². The van der Waals surface area contributed by atoms with Crippen molar-refractivity contribution >= 4 is 5.91 Å². The van der Waals surface area contributed by atoms with Gasteiger partial charge in [0.15, 0.2) is 0 Å². The van der Waals surface area contributed by atoms with Gasteiger partial charge in [0.1, 0.15) is 0 Å². The van der Waals surface area contributed by atoms with Crippen molar-refractivity contribution in [2.45, 2.75) is 57.4 Å². The van der Waals surface area contributed by atoms with Crippen LogP contribution in [0.4, 0.5) is 0 Å². The number of carbonyl (C=O) groups is 1. The van der Waals surface area contributed by atoms with Crippen LogP contribution in [0.3, 0.4) is 0 Å². The van der Waals surface area contributed by atoms with Crippen LogP contribution < -0.4 is 0 Å². The first-order valence-corrected chi connectivity index (χ1v) is 7.43. The summed E-state index contributed by atoms with van der Waals surface area (Å²) in [6.45, 7) is 0. The fourth-order valence-electron chi connectivity index (χ4n) is 5.37. The highest BCUT2D eigenvalue weighted by atomic mass is 16.2. The van der Waals surface area contributed by atoms with Gasteiger partial charge in [-0.3, -0.25) is 4.79 Å². The molecule has 0 aliphatic heterocycles. The lowest BCUT2D eigenvalue weighted by Crippen LogP contribution is -2.54. The molecule has 1 amide bonds. The molecular weight excluding hydrogens is 210 g/mol. The van der Waals surface area contributed by atoms with E-state index in [-0.39, 0.29) is 5.41 Å². The van der Waals surface area contributed by atoms with Crippen LogP contribution in [0.5, 0.6) is 0 Å². The summed E-state index contributed by atoms with van der Waals surface area (Å²) in [7, 11) is 2.05. The van der Waals surface area contributed by atoms with E-state index in [4.69, 9.17) is 0 Å². The molecule has 5 aliphatic carbocycles. The summed E-state index contributed by atoms with van der Waals surface area (Å²) in [4.78, 5) is 14.9. The molecule has 5 fully saturated rings. The third-order valence-corrected chi connectivity index (χ3v) is 5.91. The molecule has 0 radical (unpaired) electrons. The average molecular weight is 233 g/mol. The number of rotatable bonds is 2. The van der Waals surface area contributed by atoms with Crippen LogP contribution in [0.1, 0.15) is 51.4 Å². The Bertz CT molecular complexity index is 323. The zero-order valence-corrected chi connectivity index (χ0v) is 10.8. The molecule has 0 atom stereocenters. The topological polar surface area (TPSA) is 20.3 Å². The molecule has 4 bridgehead atoms. The Labute approximate surface area is 104 Å². The second-order valence-electron chi connectivity index (χ2n) is 7.35. The summed E-state index contributed by atoms with van der Waals surface area (Å²) in [6, 6.07) is 0.593. The quantitative estimate of drug-likeness (QED) is 0.718. The number of amides is 1. The van der Waals surface area contributed by atoms with Gasteiger partial charge in [-0.15, -0.1) is 0 Å². The van der Waals surface area contributed by atoms with E-state index in [0.29, 0.717) is 11.9 Å². The Balaban J connectivity index is 1.61. The highest BCUT2D eigenvalue weighted by Gasteiger charge is 2.56. The maximum atomic E-state index is 12.8. The van der Waals surface area contributed by atoms with Gasteiger partial charge >= 0.3 is 0 Å². The van der Waals surface area contributed by atoms with Crippen LogP contribution >= 0.6 is 0 Å². The Morgan fingerprint density at radius 2 is 1.47 bits per heavy atom. The van der Waals surface area contributed by atoms with Crippen LogP contribution in [0, 0.1) is 23.2 Å². The van der Waals surface area contributed by atoms with E-state index in [1.807, 2.05) is 0 Å². The summed E-state index contributed by atoms with van der Waals surface area (Å²) in [6.07, 6.45) is 10.4. The Hall–Kier alpha value is -0.530. The molecule has 2 nitrogen and oxygen atoms in total. The van der Waals surface area contributed by atoms with Crippen molar-refractivity contribution in [1.82, 2.24) is 4.90 Å². The summed E-state index contributed by atoms with van der Waals surface area (Å²) in [5, 5.41) is 0. The third kappa shape index (κ3) is 1.49. The summed E-state index contributed by atoms with van der Waals surface area (Å²) < 4.78 is 0. The molecule has 5 rings (SSSR count). The van der Waals surface area contributed by atoms with Crippen molar-refractivity contribution in [3.05, 3.63) is 0 Å². The minimum atomic E-state index is 0.0894. The van der Waals surface area contributed by atoms with E-state index in [2.05, 4.69) is 11.9 Å². The first-order valence-electron chi connectivity index (χ1n) is 7.43. The molecular formula is C15H23NO. The first-order chi connectivity index (χ1) is 8.16. The van der Waals surface area contributed by atoms with Crippen molar-refractivity contribution in [1.29, 1.82) is 0 Å². The fourth-order valence-corrected chi connectivity index (χ4v) is 5.37. The van der Waals surface area contributed by atoms with Gasteiger partial charge in [-0.25, -0.2) is 0 Å². The predicted octanol–water partition coefficient (Wildman–Crippen LogP) is 2.82. The van der Waals surface area contributed by atoms with Gasteiger partial charge in [-0.1, -0.05) is 0 Å². The summed E-state index contributed by atoms with van der Waals surface area (Å²) >= 11 is 0. The summed E-state index contributed by atoms with van der Waals surface area (Å²) in [5.41, 5.74) is 0.0894. The van der Waals surface area contributed by atoms with Gasteiger partial charge in [0.25, 0.3) is 0 Å². The SMILES string of the molecule is CN(C(=O)C12CC3CC(CC(C3)C1)C2)C1CC1. The molecule has 5 aliphatic rings. The van der Waals surface area contributed by atoms with Crippen molar-refractivity contribution in [3.8, 4) is 0 Å². The maximum absolute atomic E-state index is 12.8. The van der Waals surface area contributed by atoms with E-state index >= 15 is 0 Å². The highest BCUT2D eigenvalue weighted by Crippen LogP contribution is 2.60. The number of hydrogen-bond donors (Lipinski definition) is 0. The molecule has 0 N–H and O–H groups in total. The largest absolute Gasteiger partial charge is 0.342 e. The zero-order chi connectivity index (χ0) is 11.6. The van der Waals surface area contributed by atoms with Crippen LogP contribution in [-0.2, 0) is 4.79 Å². The summed E-state index contributed by atoms with van der Waals surface area (Å²) in [5.74, 6) is 3.17. The molecule has 0 unspecified atom stereocenters. The smallest absolute Gasteiger partial charge is 0.228 e. The molecule has 0 aromatic carbocycles.